The molecule has 2 fully saturated rings. The quantitative estimate of drug-likeness (QED) is 0.457. The highest BCUT2D eigenvalue weighted by Gasteiger charge is 2.46. The second-order valence-electron chi connectivity index (χ2n) is 8.85. The maximum atomic E-state index is 13.6. The van der Waals surface area contributed by atoms with Crippen molar-refractivity contribution in [2.24, 2.45) is 5.92 Å². The van der Waals surface area contributed by atoms with Crippen molar-refractivity contribution < 1.29 is 9.21 Å². The van der Waals surface area contributed by atoms with Gasteiger partial charge in [-0.05, 0) is 56.7 Å². The van der Waals surface area contributed by atoms with E-state index in [0.717, 1.165) is 29.9 Å². The standard InChI is InChI=1S/C24H23ClN6O2/c1-14-3-5-19(31-10-7-15(2)28-31)22(26-14)23(32)29-9-8-16-12-30(20(16)13-29)24-27-18-11-17(25)4-6-21(18)33-24/h3-7,10-11,16,20H,8-9,12-13H2,1-2H3/t16-,20-/m0/s1. The number of likely N-dealkylation sites (tertiary alicyclic amines) is 1. The Labute approximate surface area is 195 Å². The van der Waals surface area contributed by atoms with Crippen molar-refractivity contribution in [2.75, 3.05) is 24.5 Å². The number of aryl methyl sites for hydroxylation is 2. The van der Waals surface area contributed by atoms with Crippen molar-refractivity contribution in [1.82, 2.24) is 24.6 Å². The van der Waals surface area contributed by atoms with Gasteiger partial charge in [-0.25, -0.2) is 9.67 Å². The number of hydrogen-bond donors (Lipinski definition) is 0. The first-order valence-corrected chi connectivity index (χ1v) is 11.5. The lowest BCUT2D eigenvalue weighted by Crippen LogP contribution is -2.65. The topological polar surface area (TPSA) is 80.3 Å². The van der Waals surface area contributed by atoms with E-state index in [1.54, 1.807) is 16.8 Å². The number of fused-ring (bicyclic) bond motifs is 2. The van der Waals surface area contributed by atoms with Crippen LogP contribution in [0.4, 0.5) is 6.01 Å². The van der Waals surface area contributed by atoms with Crippen LogP contribution in [0.1, 0.15) is 28.3 Å². The lowest BCUT2D eigenvalue weighted by molar-refractivity contribution is 0.0577. The van der Waals surface area contributed by atoms with Gasteiger partial charge in [-0.1, -0.05) is 11.6 Å². The van der Waals surface area contributed by atoms with Gasteiger partial charge in [-0.2, -0.15) is 10.1 Å². The van der Waals surface area contributed by atoms with Gasteiger partial charge in [-0.3, -0.25) is 4.79 Å². The maximum Gasteiger partial charge on any atom is 0.298 e. The molecule has 0 spiro atoms. The van der Waals surface area contributed by atoms with Gasteiger partial charge < -0.3 is 14.2 Å². The zero-order chi connectivity index (χ0) is 22.7. The molecule has 0 N–H and O–H groups in total. The van der Waals surface area contributed by atoms with Crippen molar-refractivity contribution in [3.8, 4) is 5.69 Å². The fourth-order valence-corrected chi connectivity index (χ4v) is 4.97. The third-order valence-electron chi connectivity index (χ3n) is 6.61. The summed E-state index contributed by atoms with van der Waals surface area (Å²) in [6.07, 6.45) is 2.80. The van der Waals surface area contributed by atoms with E-state index in [-0.39, 0.29) is 11.9 Å². The van der Waals surface area contributed by atoms with E-state index in [1.807, 2.05) is 49.2 Å². The molecule has 0 unspecified atom stereocenters. The molecule has 168 valence electrons. The number of anilines is 1. The zero-order valence-electron chi connectivity index (χ0n) is 18.4. The van der Waals surface area contributed by atoms with E-state index >= 15 is 0 Å². The number of halogens is 1. The zero-order valence-corrected chi connectivity index (χ0v) is 19.2. The predicted molar refractivity (Wildman–Crippen MR) is 125 cm³/mol. The fourth-order valence-electron chi connectivity index (χ4n) is 4.80. The Bertz CT molecular complexity index is 1380. The molecule has 2 aliphatic heterocycles. The Morgan fingerprint density at radius 2 is 1.97 bits per heavy atom. The molecule has 6 rings (SSSR count). The summed E-state index contributed by atoms with van der Waals surface area (Å²) < 4.78 is 7.70. The lowest BCUT2D eigenvalue weighted by atomic mass is 9.82. The third kappa shape index (κ3) is 3.45. The number of aromatic nitrogens is 4. The molecule has 5 heterocycles. The molecule has 3 aromatic heterocycles. The summed E-state index contributed by atoms with van der Waals surface area (Å²) >= 11 is 6.10. The molecule has 8 nitrogen and oxygen atoms in total. The number of piperidine rings is 1. The minimum Gasteiger partial charge on any atom is -0.423 e. The number of pyridine rings is 1. The molecule has 9 heteroatoms. The van der Waals surface area contributed by atoms with Crippen molar-refractivity contribution in [2.45, 2.75) is 26.3 Å². The van der Waals surface area contributed by atoms with Gasteiger partial charge in [0, 0.05) is 42.5 Å². The second kappa shape index (κ2) is 7.59. The maximum absolute atomic E-state index is 13.6. The number of amides is 1. The molecular formula is C24H23ClN6O2. The number of carbonyl (C=O) groups excluding carboxylic acids is 1. The van der Waals surface area contributed by atoms with Crippen LogP contribution in [-0.4, -0.2) is 56.2 Å². The third-order valence-corrected chi connectivity index (χ3v) is 6.84. The summed E-state index contributed by atoms with van der Waals surface area (Å²) in [6, 6.07) is 11.9. The second-order valence-corrected chi connectivity index (χ2v) is 9.29. The highest BCUT2D eigenvalue weighted by molar-refractivity contribution is 6.31. The molecule has 1 aromatic carbocycles. The van der Waals surface area contributed by atoms with Gasteiger partial charge >= 0.3 is 0 Å². The normalized spacial score (nSPS) is 20.1. The summed E-state index contributed by atoms with van der Waals surface area (Å²) in [7, 11) is 0. The summed E-state index contributed by atoms with van der Waals surface area (Å²) in [5.74, 6) is 0.447. The van der Waals surface area contributed by atoms with Crippen LogP contribution in [0.2, 0.25) is 5.02 Å². The summed E-state index contributed by atoms with van der Waals surface area (Å²) in [5, 5.41) is 5.11. The molecule has 2 aliphatic rings. The first-order chi connectivity index (χ1) is 16.0. The molecule has 2 atom stereocenters. The largest absolute Gasteiger partial charge is 0.423 e. The Morgan fingerprint density at radius 3 is 2.79 bits per heavy atom. The smallest absolute Gasteiger partial charge is 0.298 e. The van der Waals surface area contributed by atoms with Crippen LogP contribution in [0.25, 0.3) is 16.8 Å². The average molecular weight is 463 g/mol. The first-order valence-electron chi connectivity index (χ1n) is 11.1. The Kier molecular flexibility index (Phi) is 4.65. The molecule has 4 aromatic rings. The van der Waals surface area contributed by atoms with Gasteiger partial charge in [-0.15, -0.1) is 0 Å². The van der Waals surface area contributed by atoms with Crippen LogP contribution in [0, 0.1) is 19.8 Å². The van der Waals surface area contributed by atoms with E-state index in [0.29, 0.717) is 47.0 Å². The van der Waals surface area contributed by atoms with Gasteiger partial charge in [0.15, 0.2) is 11.3 Å². The number of oxazole rings is 1. The van der Waals surface area contributed by atoms with Crippen molar-refractivity contribution >= 4 is 34.6 Å². The monoisotopic (exact) mass is 462 g/mol. The van der Waals surface area contributed by atoms with E-state index in [9.17, 15) is 4.79 Å². The van der Waals surface area contributed by atoms with Crippen LogP contribution in [0.5, 0.6) is 0 Å². The lowest BCUT2D eigenvalue weighted by Gasteiger charge is -2.52. The molecule has 0 bridgehead atoms. The number of rotatable bonds is 3. The van der Waals surface area contributed by atoms with Gasteiger partial charge in [0.1, 0.15) is 5.52 Å². The van der Waals surface area contributed by atoms with Crippen molar-refractivity contribution in [3.05, 3.63) is 64.7 Å². The van der Waals surface area contributed by atoms with E-state index in [1.165, 1.54) is 0 Å². The number of nitrogens with zero attached hydrogens (tertiary/aromatic N) is 6. The van der Waals surface area contributed by atoms with Gasteiger partial charge in [0.2, 0.25) is 0 Å². The molecule has 33 heavy (non-hydrogen) atoms. The minimum atomic E-state index is -0.0727. The number of carbonyl (C=O) groups is 1. The van der Waals surface area contributed by atoms with Crippen LogP contribution in [0.15, 0.2) is 47.0 Å². The Hall–Kier alpha value is -3.39. The van der Waals surface area contributed by atoms with E-state index in [2.05, 4.69) is 20.0 Å². The molecule has 2 saturated heterocycles. The molecule has 1 amide bonds. The SMILES string of the molecule is Cc1ccc(-n2ccc(C)n2)c(C(=O)N2CC[C@H]3CN(c4nc5cc(Cl)ccc5o4)[C@H]3C2)n1. The van der Waals surface area contributed by atoms with Crippen LogP contribution in [-0.2, 0) is 0 Å². The summed E-state index contributed by atoms with van der Waals surface area (Å²) in [4.78, 5) is 26.9. The first kappa shape index (κ1) is 20.2. The highest BCUT2D eigenvalue weighted by atomic mass is 35.5. The van der Waals surface area contributed by atoms with E-state index < -0.39 is 0 Å². The van der Waals surface area contributed by atoms with Crippen LogP contribution >= 0.6 is 11.6 Å². The van der Waals surface area contributed by atoms with Crippen molar-refractivity contribution in [3.63, 3.8) is 0 Å². The molecule has 0 saturated carbocycles. The van der Waals surface area contributed by atoms with Crippen LogP contribution < -0.4 is 4.90 Å². The van der Waals surface area contributed by atoms with Gasteiger partial charge in [0.25, 0.3) is 11.9 Å². The molecule has 0 radical (unpaired) electrons. The fraction of sp³-hybridized carbons (Fsp3) is 0.333. The van der Waals surface area contributed by atoms with E-state index in [4.69, 9.17) is 16.0 Å². The Balaban J connectivity index is 1.26. The predicted octanol–water partition coefficient (Wildman–Crippen LogP) is 4.03. The van der Waals surface area contributed by atoms with Crippen LogP contribution in [0.3, 0.4) is 0 Å². The summed E-state index contributed by atoms with van der Waals surface area (Å²) in [5.41, 5.74) is 4.27. The number of hydrogen-bond acceptors (Lipinski definition) is 6. The average Bonchev–Trinajstić information content (AvgIpc) is 3.39. The minimum absolute atomic E-state index is 0.0727. The molecular weight excluding hydrogens is 440 g/mol. The van der Waals surface area contributed by atoms with Crippen molar-refractivity contribution in [1.29, 1.82) is 0 Å². The van der Waals surface area contributed by atoms with Gasteiger partial charge in [0.05, 0.1) is 17.4 Å². The molecule has 0 aliphatic carbocycles. The summed E-state index contributed by atoms with van der Waals surface area (Å²) in [6.45, 7) is 6.03. The highest BCUT2D eigenvalue weighted by Crippen LogP contribution is 2.38. The Morgan fingerprint density at radius 1 is 1.09 bits per heavy atom. The number of benzene rings is 1.